The van der Waals surface area contributed by atoms with Crippen LogP contribution in [0.2, 0.25) is 10.0 Å². The minimum atomic E-state index is -0.745. The van der Waals surface area contributed by atoms with E-state index < -0.39 is 11.5 Å². The van der Waals surface area contributed by atoms with E-state index in [-0.39, 0.29) is 54.1 Å². The number of fused-ring (bicyclic) bond motifs is 1. The fraction of sp³-hybridized carbons (Fsp3) is 0.0556. The van der Waals surface area contributed by atoms with Crippen LogP contribution >= 0.6 is 34.5 Å². The van der Waals surface area contributed by atoms with Gasteiger partial charge in [0, 0.05) is 5.90 Å². The van der Waals surface area contributed by atoms with Crippen LogP contribution in [-0.4, -0.2) is 16.2 Å². The summed E-state index contributed by atoms with van der Waals surface area (Å²) in [6.07, 6.45) is 0. The van der Waals surface area contributed by atoms with Gasteiger partial charge in [-0.1, -0.05) is 27.9 Å². The van der Waals surface area contributed by atoms with Gasteiger partial charge in [0.25, 0.3) is 0 Å². The van der Waals surface area contributed by atoms with E-state index >= 15 is 0 Å². The zero-order valence-electron chi connectivity index (χ0n) is 15.6. The lowest BCUT2D eigenvalue weighted by Gasteiger charge is -2.10. The highest BCUT2D eigenvalue weighted by Crippen LogP contribution is 2.41. The molecule has 4 aromatic rings. The third kappa shape index (κ3) is 3.36. The third-order valence-electron chi connectivity index (χ3n) is 4.39. The summed E-state index contributed by atoms with van der Waals surface area (Å²) in [6.45, 7) is 0. The molecule has 13 heteroatoms. The Morgan fingerprint density at radius 2 is 2.13 bits per heavy atom. The molecule has 3 aromatic heterocycles. The van der Waals surface area contributed by atoms with Gasteiger partial charge in [-0.2, -0.15) is 5.26 Å². The fourth-order valence-corrected chi connectivity index (χ4v) is 4.30. The number of aromatic nitrogens is 3. The molecular formula is C18H11Cl2N7O3S. The number of aliphatic imine (C=N–C) groups is 1. The average Bonchev–Trinajstić information content (AvgIpc) is 3.22. The highest BCUT2D eigenvalue weighted by atomic mass is 35.5. The number of aryl methyl sites for hydroxylation is 1. The number of thiophene rings is 1. The number of pyridine rings is 1. The molecule has 0 unspecified atom stereocenters. The van der Waals surface area contributed by atoms with E-state index in [9.17, 15) is 15.2 Å². The van der Waals surface area contributed by atoms with Crippen molar-refractivity contribution in [3.8, 4) is 17.3 Å². The molecule has 3 heterocycles. The number of aromatic amines is 1. The third-order valence-corrected chi connectivity index (χ3v) is 6.21. The van der Waals surface area contributed by atoms with Gasteiger partial charge in [0.15, 0.2) is 7.05 Å². The highest BCUT2D eigenvalue weighted by molar-refractivity contribution is 7.21. The Balaban J connectivity index is 2.01. The molecule has 4 rings (SSSR count). The molecule has 0 saturated heterocycles. The van der Waals surface area contributed by atoms with Crippen molar-refractivity contribution in [3.63, 3.8) is 0 Å². The number of rotatable bonds is 3. The molecule has 0 spiro atoms. The van der Waals surface area contributed by atoms with E-state index in [1.165, 1.54) is 29.9 Å². The van der Waals surface area contributed by atoms with Gasteiger partial charge in [0.2, 0.25) is 0 Å². The lowest BCUT2D eigenvalue weighted by atomic mass is 10.0. The molecule has 5 N–H and O–H groups in total. The number of hydrogen-bond acceptors (Lipinski definition) is 9. The Morgan fingerprint density at radius 1 is 1.39 bits per heavy atom. The Hall–Kier alpha value is -3.59. The number of H-pyrrole nitrogens is 1. The lowest BCUT2D eigenvalue weighted by molar-refractivity contribution is -0.730. The number of anilines is 2. The normalized spacial score (nSPS) is 11.7. The Labute approximate surface area is 187 Å². The van der Waals surface area contributed by atoms with Crippen molar-refractivity contribution in [2.45, 2.75) is 0 Å². The number of nitrogens with one attached hydrogen (secondary N) is 1. The van der Waals surface area contributed by atoms with Gasteiger partial charge >= 0.3 is 11.3 Å². The molecule has 0 radical (unpaired) electrons. The predicted molar refractivity (Wildman–Crippen MR) is 115 cm³/mol. The molecule has 0 saturated carbocycles. The first-order chi connectivity index (χ1) is 14.7. The topological polar surface area (TPSA) is 174 Å². The molecule has 0 aliphatic rings. The zero-order chi connectivity index (χ0) is 22.4. The van der Waals surface area contributed by atoms with Crippen LogP contribution in [0, 0.1) is 11.3 Å². The Bertz CT molecular complexity index is 1500. The molecule has 10 nitrogen and oxygen atoms in total. The van der Waals surface area contributed by atoms with Crippen molar-refractivity contribution in [2.75, 3.05) is 11.5 Å². The van der Waals surface area contributed by atoms with Crippen LogP contribution in [0.15, 0.2) is 32.5 Å². The van der Waals surface area contributed by atoms with Crippen molar-refractivity contribution < 1.29 is 14.3 Å². The predicted octanol–water partition coefficient (Wildman–Crippen LogP) is 1.85. The van der Waals surface area contributed by atoms with Crippen molar-refractivity contribution >= 4 is 67.8 Å². The summed E-state index contributed by atoms with van der Waals surface area (Å²) in [7, 11) is 1.51. The van der Waals surface area contributed by atoms with Crippen LogP contribution in [0.4, 0.5) is 17.2 Å². The maximum absolute atomic E-state index is 12.8. The summed E-state index contributed by atoms with van der Waals surface area (Å²) in [5, 5.41) is 25.6. The van der Waals surface area contributed by atoms with Gasteiger partial charge < -0.3 is 16.6 Å². The van der Waals surface area contributed by atoms with Crippen LogP contribution in [0.25, 0.3) is 21.5 Å². The van der Waals surface area contributed by atoms with E-state index in [1.54, 1.807) is 0 Å². The first kappa shape index (κ1) is 20.7. The smallest absolute Gasteiger partial charge is 0.435 e. The number of halogens is 2. The van der Waals surface area contributed by atoms with Crippen molar-refractivity contribution in [2.24, 2.45) is 12.0 Å². The van der Waals surface area contributed by atoms with E-state index in [4.69, 9.17) is 39.2 Å². The summed E-state index contributed by atoms with van der Waals surface area (Å²) in [5.74, 6) is -0.778. The second-order valence-corrected chi connectivity index (χ2v) is 8.10. The summed E-state index contributed by atoms with van der Waals surface area (Å²) in [6, 6.07) is 6.40. The Morgan fingerprint density at radius 3 is 2.74 bits per heavy atom. The molecule has 1 aromatic carbocycles. The van der Waals surface area contributed by atoms with Crippen LogP contribution in [0.3, 0.4) is 0 Å². The summed E-state index contributed by atoms with van der Waals surface area (Å²) in [4.78, 5) is 20.8. The molecule has 0 fully saturated rings. The van der Waals surface area contributed by atoms with Crippen molar-refractivity contribution in [3.05, 3.63) is 49.1 Å². The number of benzene rings is 1. The van der Waals surface area contributed by atoms with Gasteiger partial charge in [-0.3, -0.25) is 9.52 Å². The van der Waals surface area contributed by atoms with Gasteiger partial charge in [-0.15, -0.1) is 11.3 Å². The second kappa shape index (κ2) is 7.59. The number of nitriles is 1. The van der Waals surface area contributed by atoms with Crippen LogP contribution in [0.5, 0.6) is 0 Å². The minimum absolute atomic E-state index is 0.000529. The monoisotopic (exact) mass is 475 g/mol. The highest BCUT2D eigenvalue weighted by Gasteiger charge is 2.31. The van der Waals surface area contributed by atoms with Crippen LogP contribution in [0.1, 0.15) is 10.4 Å². The van der Waals surface area contributed by atoms with Gasteiger partial charge in [0.1, 0.15) is 22.3 Å². The molecule has 0 aliphatic carbocycles. The quantitative estimate of drug-likeness (QED) is 0.230. The first-order valence-corrected chi connectivity index (χ1v) is 10.0. The zero-order valence-corrected chi connectivity index (χ0v) is 17.9. The van der Waals surface area contributed by atoms with Gasteiger partial charge in [-0.25, -0.2) is 9.78 Å². The van der Waals surface area contributed by atoms with Crippen molar-refractivity contribution in [1.29, 1.82) is 5.26 Å². The van der Waals surface area contributed by atoms with Gasteiger partial charge in [-0.05, 0) is 23.5 Å². The summed E-state index contributed by atoms with van der Waals surface area (Å²) < 4.78 is 6.07. The molecule has 0 bridgehead atoms. The molecule has 0 aliphatic heterocycles. The van der Waals surface area contributed by atoms with Crippen LogP contribution < -0.4 is 26.9 Å². The fourth-order valence-electron chi connectivity index (χ4n) is 3.01. The largest absolute Gasteiger partial charge is 0.858 e. The standard InChI is InChI=1S/C18H11Cl2N7O3S/c1-27-13(18(29)30-26-27)10-7(5-21)15(23)25-17-11(10)12(22)14(31-17)16(28)24-6-2-3-8(19)9(20)4-6/h2-4H,1H3,(H5-,22,23,24,25,26,28,29). The van der Waals surface area contributed by atoms with Crippen LogP contribution in [-0.2, 0) is 7.05 Å². The lowest BCUT2D eigenvalue weighted by Crippen LogP contribution is -2.34. The number of nitrogen functional groups attached to an aromatic ring is 2. The van der Waals surface area contributed by atoms with E-state index in [0.717, 1.165) is 11.3 Å². The minimum Gasteiger partial charge on any atom is -0.858 e. The summed E-state index contributed by atoms with van der Waals surface area (Å²) >= 11 is 12.8. The molecule has 31 heavy (non-hydrogen) atoms. The maximum atomic E-state index is 12.8. The SMILES string of the molecule is C[n+]1[nH]oc(=O)c1-c1c(C#N)c(N)nc2sc(C([O-])=Nc3ccc(Cl)c(Cl)c3)c(N)c12. The molecule has 156 valence electrons. The average molecular weight is 476 g/mol. The molecule has 0 atom stereocenters. The van der Waals surface area contributed by atoms with E-state index in [2.05, 4.69) is 15.2 Å². The number of nitrogens with zero attached hydrogens (tertiary/aromatic N) is 4. The molecular weight excluding hydrogens is 465 g/mol. The summed E-state index contributed by atoms with van der Waals surface area (Å²) in [5.41, 5.74) is 11.8. The first-order valence-electron chi connectivity index (χ1n) is 8.43. The number of hydrogen-bond donors (Lipinski definition) is 3. The van der Waals surface area contributed by atoms with E-state index in [1.807, 2.05) is 6.07 Å². The van der Waals surface area contributed by atoms with E-state index in [0.29, 0.717) is 5.02 Å². The maximum Gasteiger partial charge on any atom is 0.435 e. The number of nitrogens with two attached hydrogens (primary N) is 2. The van der Waals surface area contributed by atoms with Crippen molar-refractivity contribution in [1.82, 2.24) is 10.3 Å². The Kier molecular flexibility index (Phi) is 5.06. The second-order valence-electron chi connectivity index (χ2n) is 6.29. The van der Waals surface area contributed by atoms with Gasteiger partial charge in [0.05, 0.1) is 37.2 Å². The molecule has 0 amide bonds.